The maximum Gasteiger partial charge on any atom is 0.180 e. The van der Waals surface area contributed by atoms with E-state index >= 15 is 0 Å². The average Bonchev–Trinajstić information content (AvgIpc) is 3.72. The highest BCUT2D eigenvalue weighted by Gasteiger charge is 2.18. The molecule has 3 heterocycles. The number of hydrogen-bond donors (Lipinski definition) is 0. The van der Waals surface area contributed by atoms with Gasteiger partial charge in [-0.2, -0.15) is 0 Å². The fraction of sp³-hybridized carbons (Fsp3) is 0. The fourth-order valence-corrected chi connectivity index (χ4v) is 7.88. The lowest BCUT2D eigenvalue weighted by atomic mass is 9.97. The maximum atomic E-state index is 6.44. The molecule has 11 aromatic rings. The number of fused-ring (bicyclic) bond motifs is 5. The van der Waals surface area contributed by atoms with Crippen molar-refractivity contribution in [3.8, 4) is 78.8 Å². The Kier molecular flexibility index (Phi) is 8.37. The summed E-state index contributed by atoms with van der Waals surface area (Å²) in [5.41, 5.74) is 13.5. The molecule has 0 aliphatic carbocycles. The van der Waals surface area contributed by atoms with Gasteiger partial charge in [-0.1, -0.05) is 176 Å². The second-order valence-electron chi connectivity index (χ2n) is 14.5. The third-order valence-corrected chi connectivity index (χ3v) is 10.9. The van der Waals surface area contributed by atoms with Crippen molar-refractivity contribution in [2.75, 3.05) is 0 Å². The van der Waals surface area contributed by atoms with E-state index in [1.165, 1.54) is 5.56 Å². The van der Waals surface area contributed by atoms with Crippen LogP contribution in [-0.2, 0) is 0 Å². The highest BCUT2D eigenvalue weighted by atomic mass is 16.3. The Morgan fingerprint density at radius 1 is 0.339 bits per heavy atom. The van der Waals surface area contributed by atoms with Gasteiger partial charge in [0.1, 0.15) is 23.1 Å². The minimum absolute atomic E-state index is 0.618. The number of furan rings is 1. The predicted molar refractivity (Wildman–Crippen MR) is 238 cm³/mol. The minimum Gasteiger partial charge on any atom is -0.452 e. The Morgan fingerprint density at radius 3 is 1.49 bits per heavy atom. The number of benzene rings is 8. The van der Waals surface area contributed by atoms with Crippen LogP contribution in [0.2, 0.25) is 0 Å². The largest absolute Gasteiger partial charge is 0.452 e. The Hall–Kier alpha value is -8.09. The van der Waals surface area contributed by atoms with Crippen LogP contribution in [0.5, 0.6) is 0 Å². The molecule has 0 unspecified atom stereocenters. The summed E-state index contributed by atoms with van der Waals surface area (Å²) in [5, 5.41) is 3.28. The summed E-state index contributed by atoms with van der Waals surface area (Å²) in [5.74, 6) is 1.88. The third-order valence-electron chi connectivity index (χ3n) is 10.9. The van der Waals surface area contributed by atoms with Crippen LogP contribution in [0.3, 0.4) is 0 Å². The van der Waals surface area contributed by atoms with Gasteiger partial charge in [-0.3, -0.25) is 0 Å². The summed E-state index contributed by atoms with van der Waals surface area (Å²) in [6.45, 7) is 0. The number of nitrogens with zero attached hydrogens (tertiary/aromatic N) is 5. The van der Waals surface area contributed by atoms with Gasteiger partial charge in [-0.25, -0.2) is 24.9 Å². The first kappa shape index (κ1) is 34.2. The SMILES string of the molecule is c1ccc(-c2ccc(-c3nc(-c4ccccc4)nc(-c4cccc(-c5ccc(-c6cccc(-c7ncnc8c7oc7ccc9ccccc9c78)c6)cc5)c4)n3)cc2)cc1. The Balaban J connectivity index is 0.914. The van der Waals surface area contributed by atoms with Gasteiger partial charge >= 0.3 is 0 Å². The van der Waals surface area contributed by atoms with E-state index in [1.807, 2.05) is 54.6 Å². The summed E-state index contributed by atoms with van der Waals surface area (Å²) in [7, 11) is 0. The van der Waals surface area contributed by atoms with Gasteiger partial charge in [-0.05, 0) is 62.4 Å². The molecule has 6 nitrogen and oxygen atoms in total. The van der Waals surface area contributed by atoms with Gasteiger partial charge in [0.05, 0.1) is 5.39 Å². The Labute approximate surface area is 340 Å². The van der Waals surface area contributed by atoms with Crippen molar-refractivity contribution in [1.29, 1.82) is 0 Å². The molecule has 0 saturated carbocycles. The molecular formula is C53H33N5O. The zero-order valence-electron chi connectivity index (χ0n) is 31.7. The molecule has 0 fully saturated rings. The van der Waals surface area contributed by atoms with Crippen molar-refractivity contribution in [2.24, 2.45) is 0 Å². The van der Waals surface area contributed by atoms with Crippen LogP contribution in [0.1, 0.15) is 0 Å². The van der Waals surface area contributed by atoms with Crippen molar-refractivity contribution in [2.45, 2.75) is 0 Å². The highest BCUT2D eigenvalue weighted by Crippen LogP contribution is 2.38. The molecule has 0 saturated heterocycles. The van der Waals surface area contributed by atoms with Crippen LogP contribution in [0.4, 0.5) is 0 Å². The highest BCUT2D eigenvalue weighted by molar-refractivity contribution is 6.18. The monoisotopic (exact) mass is 755 g/mol. The molecule has 3 aromatic heterocycles. The summed E-state index contributed by atoms with van der Waals surface area (Å²) in [6, 6.07) is 66.8. The van der Waals surface area contributed by atoms with E-state index in [0.29, 0.717) is 23.1 Å². The van der Waals surface area contributed by atoms with Crippen molar-refractivity contribution in [3.63, 3.8) is 0 Å². The van der Waals surface area contributed by atoms with E-state index in [0.717, 1.165) is 83.0 Å². The van der Waals surface area contributed by atoms with Gasteiger partial charge in [0, 0.05) is 22.3 Å². The van der Waals surface area contributed by atoms with Crippen LogP contribution in [0, 0.1) is 0 Å². The minimum atomic E-state index is 0.618. The molecule has 0 aliphatic rings. The molecular weight excluding hydrogens is 723 g/mol. The normalized spacial score (nSPS) is 11.4. The molecule has 0 aliphatic heterocycles. The fourth-order valence-electron chi connectivity index (χ4n) is 7.88. The molecule has 11 rings (SSSR count). The van der Waals surface area contributed by atoms with Crippen molar-refractivity contribution >= 4 is 32.8 Å². The molecule has 0 spiro atoms. The molecule has 0 atom stereocenters. The number of hydrogen-bond acceptors (Lipinski definition) is 6. The lowest BCUT2D eigenvalue weighted by Gasteiger charge is -2.11. The molecule has 6 heteroatoms. The summed E-state index contributed by atoms with van der Waals surface area (Å²) >= 11 is 0. The first-order chi connectivity index (χ1) is 29.2. The van der Waals surface area contributed by atoms with E-state index in [4.69, 9.17) is 24.4 Å². The van der Waals surface area contributed by atoms with Gasteiger partial charge in [0.2, 0.25) is 0 Å². The van der Waals surface area contributed by atoms with Crippen LogP contribution in [0.15, 0.2) is 205 Å². The molecule has 276 valence electrons. The molecule has 0 N–H and O–H groups in total. The Morgan fingerprint density at radius 2 is 0.814 bits per heavy atom. The average molecular weight is 756 g/mol. The van der Waals surface area contributed by atoms with Gasteiger partial charge in [-0.15, -0.1) is 0 Å². The molecule has 59 heavy (non-hydrogen) atoms. The van der Waals surface area contributed by atoms with E-state index in [-0.39, 0.29) is 0 Å². The quantitative estimate of drug-likeness (QED) is 0.161. The summed E-state index contributed by atoms with van der Waals surface area (Å²) in [6.07, 6.45) is 1.63. The number of aromatic nitrogens is 5. The first-order valence-electron chi connectivity index (χ1n) is 19.6. The zero-order valence-corrected chi connectivity index (χ0v) is 31.7. The standard InChI is InChI=1S/C53H33N5O/c1-3-11-34(12-4-1)35-25-27-40(28-26-35)52-56-51(39-14-5-2-6-15-39)57-53(58-52)44-19-10-17-42(32-44)37-23-21-36(22-24-37)41-16-9-18-43(31-41)48-50-49(55-33-54-48)47-45-20-8-7-13-38(45)29-30-46(47)59-50/h1-33H. The molecule has 8 aromatic carbocycles. The van der Waals surface area contributed by atoms with Gasteiger partial charge in [0.25, 0.3) is 0 Å². The van der Waals surface area contributed by atoms with E-state index in [2.05, 4.69) is 145 Å². The lowest BCUT2D eigenvalue weighted by molar-refractivity contribution is 0.667. The Bertz CT molecular complexity index is 3310. The van der Waals surface area contributed by atoms with E-state index in [9.17, 15) is 0 Å². The maximum absolute atomic E-state index is 6.44. The number of rotatable bonds is 7. The van der Waals surface area contributed by atoms with E-state index < -0.39 is 0 Å². The summed E-state index contributed by atoms with van der Waals surface area (Å²) in [4.78, 5) is 24.4. The van der Waals surface area contributed by atoms with Crippen molar-refractivity contribution in [1.82, 2.24) is 24.9 Å². The van der Waals surface area contributed by atoms with Crippen LogP contribution >= 0.6 is 0 Å². The van der Waals surface area contributed by atoms with E-state index in [1.54, 1.807) is 6.33 Å². The van der Waals surface area contributed by atoms with Crippen molar-refractivity contribution < 1.29 is 4.42 Å². The van der Waals surface area contributed by atoms with Crippen LogP contribution in [0.25, 0.3) is 112 Å². The molecule has 0 radical (unpaired) electrons. The smallest absolute Gasteiger partial charge is 0.180 e. The first-order valence-corrected chi connectivity index (χ1v) is 19.6. The van der Waals surface area contributed by atoms with Gasteiger partial charge in [0.15, 0.2) is 23.1 Å². The topological polar surface area (TPSA) is 77.6 Å². The summed E-state index contributed by atoms with van der Waals surface area (Å²) < 4.78 is 6.44. The third kappa shape index (κ3) is 6.39. The molecule has 0 bridgehead atoms. The van der Waals surface area contributed by atoms with Crippen molar-refractivity contribution in [3.05, 3.63) is 200 Å². The molecule has 0 amide bonds. The van der Waals surface area contributed by atoms with Gasteiger partial charge < -0.3 is 4.42 Å². The van der Waals surface area contributed by atoms with Crippen LogP contribution < -0.4 is 0 Å². The predicted octanol–water partition coefficient (Wildman–Crippen LogP) is 13.4. The second-order valence-corrected chi connectivity index (χ2v) is 14.5. The lowest BCUT2D eigenvalue weighted by Crippen LogP contribution is -2.00. The second kappa shape index (κ2) is 14.4. The zero-order chi connectivity index (χ0) is 39.1. The van der Waals surface area contributed by atoms with Crippen LogP contribution in [-0.4, -0.2) is 24.9 Å².